The van der Waals surface area contributed by atoms with Gasteiger partial charge >= 0.3 is 6.03 Å². The zero-order chi connectivity index (χ0) is 19.1. The van der Waals surface area contributed by atoms with E-state index in [2.05, 4.69) is 10.6 Å². The topological polar surface area (TPSA) is 131 Å². The summed E-state index contributed by atoms with van der Waals surface area (Å²) in [5, 5.41) is 5.50. The van der Waals surface area contributed by atoms with Gasteiger partial charge in [-0.25, -0.2) is 4.79 Å². The zero-order valence-electron chi connectivity index (χ0n) is 15.1. The molecule has 0 aromatic carbocycles. The Kier molecular flexibility index (Phi) is 14.5. The second-order valence-corrected chi connectivity index (χ2v) is 6.58. The van der Waals surface area contributed by atoms with Crippen molar-refractivity contribution in [2.24, 2.45) is 11.5 Å². The molecule has 0 radical (unpaired) electrons. The molecule has 0 unspecified atom stereocenters. The van der Waals surface area contributed by atoms with Crippen molar-refractivity contribution >= 4 is 40.4 Å². The summed E-state index contributed by atoms with van der Waals surface area (Å²) in [6.07, 6.45) is 6.99. The highest BCUT2D eigenvalue weighted by Gasteiger charge is 2.22. The number of carbonyl (C=O) groups excluding carboxylic acids is 3. The molecule has 8 nitrogen and oxygen atoms in total. The highest BCUT2D eigenvalue weighted by atomic mass is 127. The first-order chi connectivity index (χ1) is 12.0. The first kappa shape index (κ1) is 23.9. The van der Waals surface area contributed by atoms with Gasteiger partial charge in [-0.2, -0.15) is 0 Å². The van der Waals surface area contributed by atoms with Gasteiger partial charge in [0.1, 0.15) is 12.6 Å². The van der Waals surface area contributed by atoms with Crippen LogP contribution in [0.5, 0.6) is 0 Å². The van der Waals surface area contributed by atoms with Gasteiger partial charge in [0.25, 0.3) is 0 Å². The van der Waals surface area contributed by atoms with E-state index in [0.717, 1.165) is 38.6 Å². The Balaban J connectivity index is 4.08. The summed E-state index contributed by atoms with van der Waals surface area (Å²) < 4.78 is 0.314. The van der Waals surface area contributed by atoms with E-state index in [-0.39, 0.29) is 12.5 Å². The number of nitrogens with one attached hydrogen (secondary N) is 2. The molecule has 0 bridgehead atoms. The number of unbranched alkanes of at least 4 members (excludes halogenated alkanes) is 5. The minimum atomic E-state index is -0.615. The smallest absolute Gasteiger partial charge is 0.319 e. The second-order valence-electron chi connectivity index (χ2n) is 5.90. The Morgan fingerprint density at radius 1 is 1.08 bits per heavy atom. The highest BCUT2D eigenvalue weighted by Crippen LogP contribution is 2.04. The van der Waals surface area contributed by atoms with Crippen molar-refractivity contribution in [2.75, 3.05) is 24.2 Å². The molecule has 4 amide bonds. The van der Waals surface area contributed by atoms with Crippen molar-refractivity contribution in [3.8, 4) is 0 Å². The first-order valence-corrected chi connectivity index (χ1v) is 10.4. The summed E-state index contributed by atoms with van der Waals surface area (Å²) in [5.74, 6) is -0.790. The average Bonchev–Trinajstić information content (AvgIpc) is 2.59. The number of primary amides is 1. The van der Waals surface area contributed by atoms with E-state index < -0.39 is 18.0 Å². The molecule has 0 aromatic heterocycles. The molecule has 25 heavy (non-hydrogen) atoms. The van der Waals surface area contributed by atoms with Crippen LogP contribution in [0.25, 0.3) is 0 Å². The Morgan fingerprint density at radius 2 is 1.68 bits per heavy atom. The lowest BCUT2D eigenvalue weighted by molar-refractivity contribution is -0.123. The molecule has 6 N–H and O–H groups in total. The number of alkyl halides is 1. The van der Waals surface area contributed by atoms with Gasteiger partial charge < -0.3 is 27.0 Å². The number of urea groups is 1. The van der Waals surface area contributed by atoms with Gasteiger partial charge in [-0.15, -0.1) is 0 Å². The number of nitrogens with two attached hydrogens (primary N) is 2. The van der Waals surface area contributed by atoms with Gasteiger partial charge in [-0.05, 0) is 25.8 Å². The van der Waals surface area contributed by atoms with Crippen LogP contribution in [0.3, 0.4) is 0 Å². The number of halogens is 1. The molecule has 0 aliphatic heterocycles. The summed E-state index contributed by atoms with van der Waals surface area (Å²) in [5.41, 5.74) is 10.6. The van der Waals surface area contributed by atoms with E-state index in [9.17, 15) is 14.4 Å². The predicted molar refractivity (Wildman–Crippen MR) is 107 cm³/mol. The number of rotatable bonds is 14. The molecule has 0 saturated heterocycles. The van der Waals surface area contributed by atoms with Crippen LogP contribution in [-0.4, -0.2) is 53.0 Å². The molecular formula is C16H32IN5O3. The van der Waals surface area contributed by atoms with E-state index in [4.69, 9.17) is 11.5 Å². The van der Waals surface area contributed by atoms with E-state index in [0.29, 0.717) is 17.5 Å². The van der Waals surface area contributed by atoms with Crippen molar-refractivity contribution in [3.63, 3.8) is 0 Å². The minimum Gasteiger partial charge on any atom is -0.368 e. The van der Waals surface area contributed by atoms with E-state index in [1.807, 2.05) is 29.5 Å². The monoisotopic (exact) mass is 469 g/mol. The summed E-state index contributed by atoms with van der Waals surface area (Å²) in [6.45, 7) is 3.00. The molecule has 0 aliphatic rings. The van der Waals surface area contributed by atoms with Crippen LogP contribution in [0.2, 0.25) is 0 Å². The van der Waals surface area contributed by atoms with Crippen LogP contribution < -0.4 is 22.1 Å². The predicted octanol–water partition coefficient (Wildman–Crippen LogP) is 1.07. The molecule has 0 aliphatic carbocycles. The summed E-state index contributed by atoms with van der Waals surface area (Å²) >= 11 is 1.97. The molecule has 0 saturated carbocycles. The average molecular weight is 469 g/mol. The Morgan fingerprint density at radius 3 is 2.20 bits per heavy atom. The maximum absolute atomic E-state index is 12.2. The lowest BCUT2D eigenvalue weighted by atomic mass is 10.1. The van der Waals surface area contributed by atoms with Gasteiger partial charge in [0, 0.05) is 6.54 Å². The number of carbonyl (C=O) groups is 3. The fourth-order valence-corrected chi connectivity index (χ4v) is 2.81. The van der Waals surface area contributed by atoms with E-state index >= 15 is 0 Å². The first-order valence-electron chi connectivity index (χ1n) is 8.83. The van der Waals surface area contributed by atoms with Gasteiger partial charge in [0.15, 0.2) is 0 Å². The lowest BCUT2D eigenvalue weighted by Gasteiger charge is -2.23. The number of hydrogen-bond acceptors (Lipinski definition) is 4. The van der Waals surface area contributed by atoms with Crippen LogP contribution in [-0.2, 0) is 9.59 Å². The quantitative estimate of drug-likeness (QED) is 0.131. The fraction of sp³-hybridized carbons (Fsp3) is 0.812. The summed E-state index contributed by atoms with van der Waals surface area (Å²) in [4.78, 5) is 36.5. The molecule has 0 rings (SSSR count). The normalized spacial score (nSPS) is 11.6. The third kappa shape index (κ3) is 12.0. The van der Waals surface area contributed by atoms with Crippen molar-refractivity contribution in [2.45, 2.75) is 57.9 Å². The Labute approximate surface area is 163 Å². The molecule has 146 valence electrons. The third-order valence-electron chi connectivity index (χ3n) is 3.73. The molecule has 0 fully saturated rings. The maximum atomic E-state index is 12.2. The minimum absolute atomic E-state index is 0.170. The van der Waals surface area contributed by atoms with E-state index in [1.54, 1.807) is 0 Å². The van der Waals surface area contributed by atoms with Crippen molar-refractivity contribution < 1.29 is 14.4 Å². The maximum Gasteiger partial charge on any atom is 0.319 e. The number of hydrogen-bond donors (Lipinski definition) is 4. The van der Waals surface area contributed by atoms with Crippen LogP contribution >= 0.6 is 22.6 Å². The van der Waals surface area contributed by atoms with Crippen LogP contribution in [0.1, 0.15) is 51.9 Å². The standard InChI is InChI=1S/C16H32IN5O3/c1-2-13(21-16(25)22(12-17)11-14(19)23)15(24)20-10-8-6-4-3-5-7-9-18/h13H,2-12,18H2,1H3,(H2,19,23)(H,20,24)(H,21,25)/t13-/m0/s1. The molecular weight excluding hydrogens is 437 g/mol. The van der Waals surface area contributed by atoms with Gasteiger partial charge in [-0.3, -0.25) is 9.59 Å². The Bertz CT molecular complexity index is 409. The van der Waals surface area contributed by atoms with Crippen LogP contribution in [0.15, 0.2) is 0 Å². The SMILES string of the molecule is CC[C@H](NC(=O)N(CI)CC(N)=O)C(=O)NCCCCCCCCN. The van der Waals surface area contributed by atoms with Crippen molar-refractivity contribution in [3.05, 3.63) is 0 Å². The van der Waals surface area contributed by atoms with Crippen molar-refractivity contribution in [1.82, 2.24) is 15.5 Å². The lowest BCUT2D eigenvalue weighted by Crippen LogP contribution is -2.52. The van der Waals surface area contributed by atoms with Crippen LogP contribution in [0, 0.1) is 0 Å². The molecule has 0 spiro atoms. The van der Waals surface area contributed by atoms with Gasteiger partial charge in [0.2, 0.25) is 11.8 Å². The second kappa shape index (κ2) is 15.2. The van der Waals surface area contributed by atoms with Gasteiger partial charge in [0.05, 0.1) is 4.55 Å². The molecule has 0 heterocycles. The van der Waals surface area contributed by atoms with E-state index in [1.165, 1.54) is 11.3 Å². The molecule has 1 atom stereocenters. The highest BCUT2D eigenvalue weighted by molar-refractivity contribution is 14.1. The fourth-order valence-electron chi connectivity index (χ4n) is 2.26. The largest absolute Gasteiger partial charge is 0.368 e. The third-order valence-corrected chi connectivity index (χ3v) is 4.55. The molecule has 0 aromatic rings. The van der Waals surface area contributed by atoms with Gasteiger partial charge in [-0.1, -0.05) is 55.2 Å². The van der Waals surface area contributed by atoms with Crippen LogP contribution in [0.4, 0.5) is 4.79 Å². The molecule has 9 heteroatoms. The number of nitrogens with zero attached hydrogens (tertiary/aromatic N) is 1. The summed E-state index contributed by atoms with van der Waals surface area (Å²) in [7, 11) is 0. The Hall–Kier alpha value is -1.10. The van der Waals surface area contributed by atoms with Crippen molar-refractivity contribution in [1.29, 1.82) is 0 Å². The number of amides is 4. The zero-order valence-corrected chi connectivity index (χ0v) is 17.2. The summed E-state index contributed by atoms with van der Waals surface area (Å²) in [6, 6.07) is -1.08.